The number of benzene rings is 1. The Hall–Kier alpha value is -1.71. The molecule has 0 unspecified atom stereocenters. The third kappa shape index (κ3) is 6.15. The SMILES string of the molecule is CN=C(NCCCc1cn(-c2ccccc2)nc1C)NCc1cc(Cl)c(Cl)n1C.I. The number of nitrogens with zero attached hydrogens (tertiary/aromatic N) is 4. The highest BCUT2D eigenvalue weighted by atomic mass is 127. The summed E-state index contributed by atoms with van der Waals surface area (Å²) in [5.74, 6) is 0.746. The molecule has 2 heterocycles. The van der Waals surface area contributed by atoms with Crippen LogP contribution in [0, 0.1) is 6.92 Å². The fourth-order valence-corrected chi connectivity index (χ4v) is 3.51. The molecule has 2 aromatic heterocycles. The molecule has 3 rings (SSSR count). The summed E-state index contributed by atoms with van der Waals surface area (Å²) >= 11 is 12.2. The van der Waals surface area contributed by atoms with Crippen molar-refractivity contribution in [3.05, 3.63) is 69.7 Å². The van der Waals surface area contributed by atoms with E-state index >= 15 is 0 Å². The number of nitrogens with one attached hydrogen (secondary N) is 2. The minimum atomic E-state index is 0. The average Bonchev–Trinajstić information content (AvgIpc) is 3.22. The van der Waals surface area contributed by atoms with Crippen LogP contribution in [0.15, 0.2) is 47.6 Å². The lowest BCUT2D eigenvalue weighted by molar-refractivity contribution is 0.722. The fourth-order valence-electron chi connectivity index (χ4n) is 3.09. The standard InChI is InChI=1S/C21H26Cl2N6.HI/c1-15-16(14-29(27-15)17-9-5-4-6-10-17)8-7-11-25-21(24-2)26-13-18-12-19(22)20(23)28(18)3;/h4-6,9-10,12,14H,7-8,11,13H2,1-3H3,(H2,24,25,26);1H. The maximum atomic E-state index is 6.11. The molecule has 0 radical (unpaired) electrons. The Morgan fingerprint density at radius 2 is 1.90 bits per heavy atom. The van der Waals surface area contributed by atoms with Gasteiger partial charge in [0.1, 0.15) is 5.15 Å². The minimum absolute atomic E-state index is 0. The normalized spacial score (nSPS) is 11.3. The van der Waals surface area contributed by atoms with Crippen molar-refractivity contribution in [2.24, 2.45) is 12.0 Å². The molecule has 0 saturated heterocycles. The van der Waals surface area contributed by atoms with Crippen molar-refractivity contribution in [1.29, 1.82) is 0 Å². The van der Waals surface area contributed by atoms with E-state index in [4.69, 9.17) is 23.2 Å². The highest BCUT2D eigenvalue weighted by Crippen LogP contribution is 2.24. The molecular weight excluding hydrogens is 534 g/mol. The number of guanidine groups is 1. The van der Waals surface area contributed by atoms with Crippen molar-refractivity contribution in [3.63, 3.8) is 0 Å². The van der Waals surface area contributed by atoms with Crippen LogP contribution in [0.5, 0.6) is 0 Å². The lowest BCUT2D eigenvalue weighted by atomic mass is 10.1. The maximum Gasteiger partial charge on any atom is 0.191 e. The van der Waals surface area contributed by atoms with Gasteiger partial charge < -0.3 is 15.2 Å². The van der Waals surface area contributed by atoms with E-state index in [0.29, 0.717) is 16.7 Å². The van der Waals surface area contributed by atoms with E-state index in [1.54, 1.807) is 7.05 Å². The third-order valence-corrected chi connectivity index (χ3v) is 5.65. The lowest BCUT2D eigenvalue weighted by Crippen LogP contribution is -2.37. The molecule has 2 N–H and O–H groups in total. The second kappa shape index (κ2) is 11.6. The van der Waals surface area contributed by atoms with E-state index in [0.717, 1.165) is 42.4 Å². The van der Waals surface area contributed by atoms with Crippen molar-refractivity contribution >= 4 is 53.1 Å². The van der Waals surface area contributed by atoms with Crippen LogP contribution in [-0.4, -0.2) is 33.9 Å². The summed E-state index contributed by atoms with van der Waals surface area (Å²) in [6.07, 6.45) is 4.04. The van der Waals surface area contributed by atoms with Crippen molar-refractivity contribution < 1.29 is 0 Å². The maximum absolute atomic E-state index is 6.11. The first-order valence-electron chi connectivity index (χ1n) is 9.54. The van der Waals surface area contributed by atoms with Gasteiger partial charge >= 0.3 is 0 Å². The monoisotopic (exact) mass is 560 g/mol. The van der Waals surface area contributed by atoms with E-state index in [2.05, 4.69) is 46.0 Å². The van der Waals surface area contributed by atoms with Gasteiger partial charge in [0.05, 0.1) is 22.9 Å². The van der Waals surface area contributed by atoms with E-state index in [-0.39, 0.29) is 24.0 Å². The molecular formula is C21H27Cl2IN6. The zero-order chi connectivity index (χ0) is 20.8. The van der Waals surface area contributed by atoms with E-state index in [1.807, 2.05) is 40.6 Å². The van der Waals surface area contributed by atoms with E-state index < -0.39 is 0 Å². The number of halogens is 3. The zero-order valence-electron chi connectivity index (χ0n) is 17.3. The number of aryl methyl sites for hydroxylation is 2. The molecule has 0 spiro atoms. The Morgan fingerprint density at radius 1 is 1.17 bits per heavy atom. The molecule has 0 aliphatic heterocycles. The Bertz CT molecular complexity index is 981. The van der Waals surface area contributed by atoms with Crippen molar-refractivity contribution in [2.45, 2.75) is 26.3 Å². The summed E-state index contributed by atoms with van der Waals surface area (Å²) in [5, 5.41) is 12.4. The Balaban J connectivity index is 0.00000320. The van der Waals surface area contributed by atoms with Crippen molar-refractivity contribution in [2.75, 3.05) is 13.6 Å². The predicted octanol–water partition coefficient (Wildman–Crippen LogP) is 4.74. The van der Waals surface area contributed by atoms with Gasteiger partial charge in [-0.2, -0.15) is 5.10 Å². The Kier molecular flexibility index (Phi) is 9.51. The molecule has 0 bridgehead atoms. The molecule has 162 valence electrons. The minimum Gasteiger partial charge on any atom is -0.356 e. The Morgan fingerprint density at radius 3 is 2.53 bits per heavy atom. The van der Waals surface area contributed by atoms with Crippen molar-refractivity contribution in [3.8, 4) is 5.69 Å². The number of aromatic nitrogens is 3. The highest BCUT2D eigenvalue weighted by Gasteiger charge is 2.10. The average molecular weight is 561 g/mol. The van der Waals surface area contributed by atoms with Crippen molar-refractivity contribution in [1.82, 2.24) is 25.0 Å². The van der Waals surface area contributed by atoms with Crippen LogP contribution in [0.3, 0.4) is 0 Å². The van der Waals surface area contributed by atoms with Gasteiger partial charge in [0.15, 0.2) is 5.96 Å². The summed E-state index contributed by atoms with van der Waals surface area (Å²) < 4.78 is 3.80. The van der Waals surface area contributed by atoms with Crippen LogP contribution in [0.2, 0.25) is 10.2 Å². The topological polar surface area (TPSA) is 59.2 Å². The van der Waals surface area contributed by atoms with Crippen LogP contribution >= 0.6 is 47.2 Å². The van der Waals surface area contributed by atoms with E-state index in [9.17, 15) is 0 Å². The number of aliphatic imine (C=N–C) groups is 1. The van der Waals surface area contributed by atoms with Gasteiger partial charge in [-0.1, -0.05) is 41.4 Å². The number of hydrogen-bond acceptors (Lipinski definition) is 2. The van der Waals surface area contributed by atoms with Crippen LogP contribution in [0.25, 0.3) is 5.69 Å². The molecule has 1 aromatic carbocycles. The van der Waals surface area contributed by atoms with Gasteiger partial charge in [-0.3, -0.25) is 4.99 Å². The largest absolute Gasteiger partial charge is 0.356 e. The first-order chi connectivity index (χ1) is 14.0. The summed E-state index contributed by atoms with van der Waals surface area (Å²) in [6.45, 7) is 3.45. The summed E-state index contributed by atoms with van der Waals surface area (Å²) in [7, 11) is 3.65. The molecule has 9 heteroatoms. The van der Waals surface area contributed by atoms with Gasteiger partial charge in [-0.15, -0.1) is 24.0 Å². The second-order valence-corrected chi connectivity index (χ2v) is 7.57. The smallest absolute Gasteiger partial charge is 0.191 e. The molecule has 0 atom stereocenters. The lowest BCUT2D eigenvalue weighted by Gasteiger charge is -2.12. The van der Waals surface area contributed by atoms with E-state index in [1.165, 1.54) is 5.56 Å². The first-order valence-corrected chi connectivity index (χ1v) is 10.3. The number of para-hydroxylation sites is 1. The molecule has 0 aliphatic carbocycles. The highest BCUT2D eigenvalue weighted by molar-refractivity contribution is 14.0. The van der Waals surface area contributed by atoms with Crippen LogP contribution in [0.1, 0.15) is 23.4 Å². The molecule has 0 aliphatic rings. The second-order valence-electron chi connectivity index (χ2n) is 6.81. The zero-order valence-corrected chi connectivity index (χ0v) is 21.2. The fraction of sp³-hybridized carbons (Fsp3) is 0.333. The van der Waals surface area contributed by atoms with Gasteiger partial charge in [-0.05, 0) is 43.5 Å². The van der Waals surface area contributed by atoms with Crippen LogP contribution in [-0.2, 0) is 20.0 Å². The van der Waals surface area contributed by atoms with Gasteiger partial charge in [0.2, 0.25) is 0 Å². The molecule has 0 saturated carbocycles. The van der Waals surface area contributed by atoms with Gasteiger partial charge in [0, 0.05) is 32.5 Å². The predicted molar refractivity (Wildman–Crippen MR) is 136 cm³/mol. The first kappa shape index (κ1) is 24.6. The molecule has 0 amide bonds. The molecule has 30 heavy (non-hydrogen) atoms. The quantitative estimate of drug-likeness (QED) is 0.190. The molecule has 6 nitrogen and oxygen atoms in total. The van der Waals surface area contributed by atoms with Gasteiger partial charge in [0.25, 0.3) is 0 Å². The number of hydrogen-bond donors (Lipinski definition) is 2. The summed E-state index contributed by atoms with van der Waals surface area (Å²) in [5.41, 5.74) is 4.39. The van der Waals surface area contributed by atoms with Crippen LogP contribution < -0.4 is 10.6 Å². The van der Waals surface area contributed by atoms with Gasteiger partial charge in [-0.25, -0.2) is 4.68 Å². The van der Waals surface area contributed by atoms with Crippen LogP contribution in [0.4, 0.5) is 0 Å². The third-order valence-electron chi connectivity index (χ3n) is 4.81. The summed E-state index contributed by atoms with van der Waals surface area (Å²) in [6, 6.07) is 12.0. The molecule has 3 aromatic rings. The number of rotatable bonds is 7. The molecule has 0 fully saturated rings. The Labute approximate surface area is 204 Å². The summed E-state index contributed by atoms with van der Waals surface area (Å²) in [4.78, 5) is 4.27.